The molecule has 336 valence electrons. The van der Waals surface area contributed by atoms with Gasteiger partial charge in [0.15, 0.2) is 0 Å². The van der Waals surface area contributed by atoms with Crippen LogP contribution in [0.1, 0.15) is 56.5 Å². The number of imide groups is 1. The van der Waals surface area contributed by atoms with Crippen LogP contribution in [-0.4, -0.2) is 125 Å². The summed E-state index contributed by atoms with van der Waals surface area (Å²) in [6.07, 6.45) is 4.07. The lowest BCUT2D eigenvalue weighted by Gasteiger charge is -2.51. The average Bonchev–Trinajstić information content (AvgIpc) is 3.24. The zero-order valence-corrected chi connectivity index (χ0v) is 36.9. The van der Waals surface area contributed by atoms with Crippen molar-refractivity contribution in [2.75, 3.05) is 83.9 Å². The minimum Gasteiger partial charge on any atom is -0.474 e. The molecular weight excluding hydrogens is 822 g/mol. The molecule has 0 aliphatic carbocycles. The van der Waals surface area contributed by atoms with Gasteiger partial charge in [-0.2, -0.15) is 0 Å². The molecular formula is C46H54FN11O6. The molecule has 2 N–H and O–H groups in total. The van der Waals surface area contributed by atoms with Crippen LogP contribution < -0.4 is 35.0 Å². The van der Waals surface area contributed by atoms with Crippen molar-refractivity contribution in [2.45, 2.75) is 78.1 Å². The Morgan fingerprint density at radius 1 is 0.938 bits per heavy atom. The first-order valence-electron chi connectivity index (χ1n) is 22.0. The molecule has 4 aromatic rings. The number of anilines is 6. The lowest BCUT2D eigenvalue weighted by atomic mass is 10.0. The zero-order valence-electron chi connectivity index (χ0n) is 36.9. The van der Waals surface area contributed by atoms with Crippen LogP contribution >= 0.6 is 0 Å². The molecule has 0 bridgehead atoms. The molecule has 7 heterocycles. The van der Waals surface area contributed by atoms with Gasteiger partial charge in [-0.15, -0.1) is 0 Å². The number of carbonyl (C=O) groups excluding carboxylic acids is 4. The second kappa shape index (κ2) is 17.2. The van der Waals surface area contributed by atoms with Crippen molar-refractivity contribution in [1.82, 2.24) is 30.1 Å². The lowest BCUT2D eigenvalue weighted by Crippen LogP contribution is -2.66. The molecule has 5 aliphatic heterocycles. The van der Waals surface area contributed by atoms with Crippen LogP contribution in [0.4, 0.5) is 48.4 Å². The number of carbonyl (C=O) groups is 4. The highest BCUT2D eigenvalue weighted by Crippen LogP contribution is 2.40. The summed E-state index contributed by atoms with van der Waals surface area (Å²) in [5, 5.41) is 5.51. The summed E-state index contributed by atoms with van der Waals surface area (Å²) >= 11 is 0. The molecule has 3 fully saturated rings. The number of amides is 5. The molecule has 17 nitrogen and oxygen atoms in total. The van der Waals surface area contributed by atoms with Crippen molar-refractivity contribution in [3.63, 3.8) is 0 Å². The molecule has 18 heteroatoms. The Morgan fingerprint density at radius 2 is 1.72 bits per heavy atom. The molecule has 0 radical (unpaired) electrons. The van der Waals surface area contributed by atoms with E-state index in [1.54, 1.807) is 34.3 Å². The maximum Gasteiger partial charge on any atom is 0.415 e. The average molecular weight is 876 g/mol. The van der Waals surface area contributed by atoms with E-state index in [1.807, 2.05) is 56.9 Å². The number of aromatic nitrogens is 3. The number of fused-ring (bicyclic) bond motifs is 2. The van der Waals surface area contributed by atoms with Crippen LogP contribution in [0, 0.1) is 12.7 Å². The Morgan fingerprint density at radius 3 is 2.45 bits per heavy atom. The van der Waals surface area contributed by atoms with E-state index in [4.69, 9.17) is 14.5 Å². The minimum atomic E-state index is -0.651. The number of nitrogens with zero attached hydrogens (tertiary/aromatic N) is 9. The highest BCUT2D eigenvalue weighted by molar-refractivity contribution is 6.05. The summed E-state index contributed by atoms with van der Waals surface area (Å²) in [7, 11) is 0. The molecule has 1 unspecified atom stereocenters. The van der Waals surface area contributed by atoms with E-state index in [-0.39, 0.29) is 30.7 Å². The van der Waals surface area contributed by atoms with Gasteiger partial charge in [0, 0.05) is 93.1 Å². The van der Waals surface area contributed by atoms with Gasteiger partial charge >= 0.3 is 12.1 Å². The number of benzene rings is 2. The summed E-state index contributed by atoms with van der Waals surface area (Å²) in [6.45, 7) is 15.4. The fourth-order valence-corrected chi connectivity index (χ4v) is 9.16. The number of hydrogen-bond acceptors (Lipinski definition) is 13. The summed E-state index contributed by atoms with van der Waals surface area (Å²) in [6, 6.07) is 12.7. The summed E-state index contributed by atoms with van der Waals surface area (Å²) < 4.78 is 27.1. The number of hydrogen-bond donors (Lipinski definition) is 2. The van der Waals surface area contributed by atoms with Crippen molar-refractivity contribution in [3.8, 4) is 5.88 Å². The lowest BCUT2D eigenvalue weighted by molar-refractivity contribution is -0.134. The van der Waals surface area contributed by atoms with Gasteiger partial charge in [-0.05, 0) is 88.6 Å². The van der Waals surface area contributed by atoms with Gasteiger partial charge in [0.1, 0.15) is 23.7 Å². The van der Waals surface area contributed by atoms with Gasteiger partial charge in [0.25, 0.3) is 0 Å². The van der Waals surface area contributed by atoms with Crippen LogP contribution in [0.3, 0.4) is 0 Å². The van der Waals surface area contributed by atoms with E-state index in [2.05, 4.69) is 42.2 Å². The SMILES string of the molecule is Cc1c(N2CCc3cnc(Nc4ccc(CC(=O)N5CCN(C6CN(c7ccc(N8CCC(=O)NC8=O)cc7)C6)C(C)C5)c(F)c4)nc3C2)cnc2c1N(C(=O)OC(C)(C)C)CCO2. The number of pyridine rings is 1. The Hall–Kier alpha value is -6.56. The highest BCUT2D eigenvalue weighted by Gasteiger charge is 2.38. The van der Waals surface area contributed by atoms with E-state index in [0.29, 0.717) is 87.1 Å². The fourth-order valence-electron chi connectivity index (χ4n) is 9.16. The quantitative estimate of drug-likeness (QED) is 0.238. The highest BCUT2D eigenvalue weighted by atomic mass is 19.1. The number of ether oxygens (including phenoxy) is 2. The van der Waals surface area contributed by atoms with Crippen molar-refractivity contribution < 1.29 is 33.0 Å². The third-order valence-electron chi connectivity index (χ3n) is 12.6. The van der Waals surface area contributed by atoms with Crippen LogP contribution in [0.5, 0.6) is 5.88 Å². The molecule has 64 heavy (non-hydrogen) atoms. The zero-order chi connectivity index (χ0) is 44.9. The summed E-state index contributed by atoms with van der Waals surface area (Å²) in [5.41, 5.74) is 6.13. The Labute approximate surface area is 371 Å². The number of piperazine rings is 1. The first-order valence-corrected chi connectivity index (χ1v) is 22.0. The molecule has 0 spiro atoms. The number of rotatable bonds is 8. The Bertz CT molecular complexity index is 2480. The van der Waals surface area contributed by atoms with Crippen molar-refractivity contribution in [2.24, 2.45) is 0 Å². The maximum absolute atomic E-state index is 15.6. The van der Waals surface area contributed by atoms with E-state index in [1.165, 1.54) is 6.07 Å². The topological polar surface area (TPSA) is 169 Å². The van der Waals surface area contributed by atoms with Gasteiger partial charge in [-0.3, -0.25) is 29.6 Å². The number of halogens is 1. The molecule has 2 aromatic heterocycles. The Balaban J connectivity index is 0.772. The fraction of sp³-hybridized carbons (Fsp3) is 0.457. The Kier molecular flexibility index (Phi) is 11.5. The van der Waals surface area contributed by atoms with Crippen LogP contribution in [0.15, 0.2) is 54.9 Å². The third kappa shape index (κ3) is 8.83. The van der Waals surface area contributed by atoms with Gasteiger partial charge in [0.05, 0.1) is 37.1 Å². The molecule has 2 aromatic carbocycles. The van der Waals surface area contributed by atoms with E-state index in [0.717, 1.165) is 53.5 Å². The van der Waals surface area contributed by atoms with E-state index in [9.17, 15) is 19.2 Å². The normalized spacial score (nSPS) is 19.3. The minimum absolute atomic E-state index is 0.0365. The standard InChI is InChI=1S/C46H54FN11O6/c1-28-24-54(16-17-56(28)35-25-55(26-35)33-8-10-34(11-9-33)57-15-13-39(59)52-44(57)61)40(60)20-30-6-7-32(21-36(30)47)50-43-49-22-31-12-14-53(27-37(31)51-43)38-23-48-42-41(29(38)2)58(18-19-63-42)45(62)64-46(3,4)5/h6-11,21-23,28,35H,12-20,24-27H2,1-5H3,(H,49,50,51)(H,52,59,61). The maximum atomic E-state index is 15.6. The first kappa shape index (κ1) is 42.7. The molecule has 5 aliphatic rings. The van der Waals surface area contributed by atoms with Gasteiger partial charge in [-0.25, -0.2) is 28.9 Å². The smallest absolute Gasteiger partial charge is 0.415 e. The van der Waals surface area contributed by atoms with Crippen molar-refractivity contribution in [1.29, 1.82) is 0 Å². The number of nitrogens with one attached hydrogen (secondary N) is 2. The predicted molar refractivity (Wildman–Crippen MR) is 239 cm³/mol. The van der Waals surface area contributed by atoms with Crippen LogP contribution in [0.2, 0.25) is 0 Å². The molecule has 5 amide bonds. The van der Waals surface area contributed by atoms with Crippen LogP contribution in [-0.2, 0) is 33.7 Å². The van der Waals surface area contributed by atoms with E-state index >= 15 is 4.39 Å². The number of urea groups is 1. The van der Waals surface area contributed by atoms with Crippen LogP contribution in [0.25, 0.3) is 0 Å². The second-order valence-electron chi connectivity index (χ2n) is 18.1. The van der Waals surface area contributed by atoms with E-state index < -0.39 is 23.5 Å². The van der Waals surface area contributed by atoms with Crippen molar-refractivity contribution in [3.05, 3.63) is 83.1 Å². The predicted octanol–water partition coefficient (Wildman–Crippen LogP) is 5.17. The molecule has 0 saturated carbocycles. The van der Waals surface area contributed by atoms with Crippen molar-refractivity contribution >= 4 is 58.3 Å². The molecule has 3 saturated heterocycles. The summed E-state index contributed by atoms with van der Waals surface area (Å²) in [4.78, 5) is 76.3. The largest absolute Gasteiger partial charge is 0.474 e. The van der Waals surface area contributed by atoms with Gasteiger partial charge in [0.2, 0.25) is 23.6 Å². The summed E-state index contributed by atoms with van der Waals surface area (Å²) in [5.74, 6) is -0.116. The van der Waals surface area contributed by atoms with Gasteiger partial charge in [-0.1, -0.05) is 6.07 Å². The first-order chi connectivity index (χ1) is 30.7. The molecule has 1 atom stereocenters. The molecule has 9 rings (SSSR count). The third-order valence-corrected chi connectivity index (χ3v) is 12.6. The second-order valence-corrected chi connectivity index (χ2v) is 18.1. The van der Waals surface area contributed by atoms with Gasteiger partial charge < -0.3 is 29.5 Å². The monoisotopic (exact) mass is 875 g/mol.